The third kappa shape index (κ3) is 5.29. The highest BCUT2D eigenvalue weighted by Crippen LogP contribution is 2.31. The fourth-order valence-corrected chi connectivity index (χ4v) is 3.23. The maximum Gasteiger partial charge on any atom is 0.416 e. The summed E-state index contributed by atoms with van der Waals surface area (Å²) in [6, 6.07) is 10.8. The summed E-state index contributed by atoms with van der Waals surface area (Å²) < 4.78 is 39.2. The van der Waals surface area contributed by atoms with Gasteiger partial charge in [-0.05, 0) is 56.7 Å². The molecular formula is C21H22ClF3N4O2. The zero-order chi connectivity index (χ0) is 23.0. The van der Waals surface area contributed by atoms with Crippen LogP contribution in [0.2, 0.25) is 5.02 Å². The molecule has 0 spiro atoms. The summed E-state index contributed by atoms with van der Waals surface area (Å²) in [5.74, 6) is -0.0627. The zero-order valence-electron chi connectivity index (χ0n) is 17.1. The van der Waals surface area contributed by atoms with Gasteiger partial charge in [-0.1, -0.05) is 29.8 Å². The van der Waals surface area contributed by atoms with Gasteiger partial charge in [0.25, 0.3) is 0 Å². The highest BCUT2D eigenvalue weighted by atomic mass is 35.5. The van der Waals surface area contributed by atoms with E-state index >= 15 is 0 Å². The normalized spacial score (nSPS) is 17.6. The van der Waals surface area contributed by atoms with Crippen molar-refractivity contribution in [3.63, 3.8) is 0 Å². The second-order valence-electron chi connectivity index (χ2n) is 8.04. The number of guanidine groups is 1. The Labute approximate surface area is 182 Å². The Balaban J connectivity index is 1.98. The number of carbonyl (C=O) groups is 1. The number of benzene rings is 2. The van der Waals surface area contributed by atoms with Crippen LogP contribution in [0.25, 0.3) is 0 Å². The molecule has 10 heteroatoms. The Morgan fingerprint density at radius 2 is 1.77 bits per heavy atom. The molecule has 31 heavy (non-hydrogen) atoms. The first kappa shape index (κ1) is 22.9. The number of aliphatic hydroxyl groups is 1. The van der Waals surface area contributed by atoms with Crippen molar-refractivity contribution in [2.75, 3.05) is 5.32 Å². The van der Waals surface area contributed by atoms with Crippen LogP contribution < -0.4 is 5.32 Å². The molecule has 6 nitrogen and oxygen atoms in total. The number of hydrogen-bond acceptors (Lipinski definition) is 4. The molecule has 0 bridgehead atoms. The molecule has 0 saturated heterocycles. The highest BCUT2D eigenvalue weighted by Gasteiger charge is 2.41. The van der Waals surface area contributed by atoms with Crippen LogP contribution in [0, 0.1) is 0 Å². The fraction of sp³-hybridized carbons (Fsp3) is 0.333. The maximum atomic E-state index is 13.2. The van der Waals surface area contributed by atoms with E-state index in [4.69, 9.17) is 11.6 Å². The quantitative estimate of drug-likeness (QED) is 0.674. The molecule has 3 rings (SSSR count). The van der Waals surface area contributed by atoms with E-state index in [0.717, 1.165) is 17.7 Å². The van der Waals surface area contributed by atoms with Gasteiger partial charge in [-0.3, -0.25) is 9.80 Å². The van der Waals surface area contributed by atoms with Crippen molar-refractivity contribution >= 4 is 29.3 Å². The van der Waals surface area contributed by atoms with Crippen LogP contribution in [-0.2, 0) is 12.7 Å². The average molecular weight is 455 g/mol. The monoisotopic (exact) mass is 454 g/mol. The lowest BCUT2D eigenvalue weighted by Gasteiger charge is -2.44. The van der Waals surface area contributed by atoms with Crippen molar-refractivity contribution in [1.82, 2.24) is 9.80 Å². The number of amides is 2. The number of anilines is 1. The lowest BCUT2D eigenvalue weighted by molar-refractivity contribution is -0.137. The molecule has 1 unspecified atom stereocenters. The van der Waals surface area contributed by atoms with Crippen LogP contribution in [0.4, 0.5) is 23.7 Å². The van der Waals surface area contributed by atoms with Crippen molar-refractivity contribution in [2.45, 2.75) is 45.4 Å². The molecule has 1 heterocycles. The Morgan fingerprint density at radius 3 is 2.35 bits per heavy atom. The minimum Gasteiger partial charge on any atom is -0.355 e. The number of aliphatic hydroxyl groups excluding tert-OH is 1. The van der Waals surface area contributed by atoms with Gasteiger partial charge in [0, 0.05) is 16.2 Å². The molecular weight excluding hydrogens is 433 g/mol. The predicted octanol–water partition coefficient (Wildman–Crippen LogP) is 5.14. The molecule has 166 valence electrons. The van der Waals surface area contributed by atoms with Gasteiger partial charge in [0.1, 0.15) is 0 Å². The molecule has 2 aromatic carbocycles. The van der Waals surface area contributed by atoms with Gasteiger partial charge in [-0.2, -0.15) is 18.2 Å². The first-order valence-corrected chi connectivity index (χ1v) is 9.79. The van der Waals surface area contributed by atoms with Gasteiger partial charge in [0.05, 0.1) is 12.1 Å². The number of nitrogens with zero attached hydrogens (tertiary/aromatic N) is 3. The Morgan fingerprint density at radius 1 is 1.13 bits per heavy atom. The van der Waals surface area contributed by atoms with E-state index in [-0.39, 0.29) is 18.2 Å². The number of carbonyl (C=O) groups excluding carboxylic acids is 1. The van der Waals surface area contributed by atoms with Crippen LogP contribution in [0.3, 0.4) is 0 Å². The third-order valence-corrected chi connectivity index (χ3v) is 4.84. The highest BCUT2D eigenvalue weighted by molar-refractivity contribution is 6.30. The number of alkyl halides is 3. The molecule has 0 saturated carbocycles. The number of halogens is 4. The van der Waals surface area contributed by atoms with Gasteiger partial charge in [0.2, 0.25) is 12.3 Å². The lowest BCUT2D eigenvalue weighted by Crippen LogP contribution is -2.61. The van der Waals surface area contributed by atoms with Crippen LogP contribution in [0.5, 0.6) is 0 Å². The second-order valence-corrected chi connectivity index (χ2v) is 8.48. The largest absolute Gasteiger partial charge is 0.416 e. The number of rotatable bonds is 3. The third-order valence-electron chi connectivity index (χ3n) is 4.58. The van der Waals surface area contributed by atoms with Crippen LogP contribution in [-0.4, -0.2) is 38.8 Å². The molecule has 2 aromatic rings. The first-order valence-electron chi connectivity index (χ1n) is 9.42. The topological polar surface area (TPSA) is 68.2 Å². The predicted molar refractivity (Wildman–Crippen MR) is 112 cm³/mol. The smallest absolute Gasteiger partial charge is 0.355 e. The van der Waals surface area contributed by atoms with E-state index in [1.54, 1.807) is 45.0 Å². The van der Waals surface area contributed by atoms with Gasteiger partial charge in [-0.15, -0.1) is 0 Å². The van der Waals surface area contributed by atoms with E-state index in [1.165, 1.54) is 21.9 Å². The van der Waals surface area contributed by atoms with E-state index in [1.807, 2.05) is 0 Å². The van der Waals surface area contributed by atoms with Crippen molar-refractivity contribution < 1.29 is 23.1 Å². The molecule has 1 aliphatic rings. The minimum absolute atomic E-state index is 0.0627. The maximum absolute atomic E-state index is 13.2. The van der Waals surface area contributed by atoms with Crippen molar-refractivity contribution in [2.24, 2.45) is 4.99 Å². The average Bonchev–Trinajstić information content (AvgIpc) is 2.64. The number of hydrogen-bond donors (Lipinski definition) is 2. The van der Waals surface area contributed by atoms with Crippen LogP contribution in [0.15, 0.2) is 53.5 Å². The van der Waals surface area contributed by atoms with E-state index < -0.39 is 29.7 Å². The summed E-state index contributed by atoms with van der Waals surface area (Å²) >= 11 is 5.92. The van der Waals surface area contributed by atoms with E-state index in [2.05, 4.69) is 10.3 Å². The molecule has 2 N–H and O–H groups in total. The Bertz CT molecular complexity index is 987. The van der Waals surface area contributed by atoms with Gasteiger partial charge in [0.15, 0.2) is 0 Å². The molecule has 0 radical (unpaired) electrons. The fourth-order valence-electron chi connectivity index (χ4n) is 3.11. The molecule has 1 atom stereocenters. The summed E-state index contributed by atoms with van der Waals surface area (Å²) in [4.78, 5) is 19.9. The van der Waals surface area contributed by atoms with E-state index in [9.17, 15) is 23.1 Å². The minimum atomic E-state index is -4.52. The van der Waals surface area contributed by atoms with Gasteiger partial charge in [-0.25, -0.2) is 4.79 Å². The summed E-state index contributed by atoms with van der Waals surface area (Å²) in [5.41, 5.74) is -0.790. The SMILES string of the molecule is CC(C)(C)N1C(=O)N(Cc2ccc(Cl)cc2)C(Nc2cccc(C(F)(F)F)c2)=NC1O. The van der Waals surface area contributed by atoms with Gasteiger partial charge < -0.3 is 10.4 Å². The molecule has 0 aliphatic carbocycles. The molecule has 0 aromatic heterocycles. The van der Waals surface area contributed by atoms with Crippen molar-refractivity contribution in [3.05, 3.63) is 64.7 Å². The summed E-state index contributed by atoms with van der Waals surface area (Å²) in [5, 5.41) is 13.8. The Hall–Kier alpha value is -2.78. The number of aliphatic imine (C=N–C) groups is 1. The summed E-state index contributed by atoms with van der Waals surface area (Å²) in [6.45, 7) is 5.31. The van der Waals surface area contributed by atoms with Crippen molar-refractivity contribution in [1.29, 1.82) is 0 Å². The van der Waals surface area contributed by atoms with Gasteiger partial charge >= 0.3 is 12.2 Å². The van der Waals surface area contributed by atoms with Crippen LogP contribution in [0.1, 0.15) is 31.9 Å². The van der Waals surface area contributed by atoms with Crippen LogP contribution >= 0.6 is 11.6 Å². The Kier molecular flexibility index (Phi) is 6.20. The van der Waals surface area contributed by atoms with E-state index in [0.29, 0.717) is 5.02 Å². The first-order chi connectivity index (χ1) is 14.4. The number of urea groups is 1. The summed E-state index contributed by atoms with van der Waals surface area (Å²) in [6.07, 6.45) is -6.02. The molecule has 1 aliphatic heterocycles. The second kappa shape index (κ2) is 8.39. The molecule has 2 amide bonds. The molecule has 0 fully saturated rings. The lowest BCUT2D eigenvalue weighted by atomic mass is 10.1. The number of nitrogens with one attached hydrogen (secondary N) is 1. The summed E-state index contributed by atoms with van der Waals surface area (Å²) in [7, 11) is 0. The van der Waals surface area contributed by atoms with Crippen molar-refractivity contribution in [3.8, 4) is 0 Å². The standard InChI is InChI=1S/C21H22ClF3N4O2/c1-20(2,3)29-18(30)27-17(26-16-6-4-5-14(11-16)21(23,24)25)28(19(29)31)12-13-7-9-15(22)10-8-13/h4-11,18,30H,12H2,1-3H3,(H,26,27). The zero-order valence-corrected chi connectivity index (χ0v) is 17.9.